The van der Waals surface area contributed by atoms with E-state index in [4.69, 9.17) is 0 Å². The number of piperidine rings is 1. The molecule has 5 nitrogen and oxygen atoms in total. The van der Waals surface area contributed by atoms with Gasteiger partial charge in [-0.25, -0.2) is 8.42 Å². The number of benzene rings is 1. The molecule has 0 amide bonds. The van der Waals surface area contributed by atoms with Crippen LogP contribution in [-0.2, 0) is 9.84 Å². The second kappa shape index (κ2) is 7.24. The highest BCUT2D eigenvalue weighted by Crippen LogP contribution is 2.15. The normalized spacial score (nSPS) is 18.4. The van der Waals surface area contributed by atoms with Crippen molar-refractivity contribution in [3.8, 4) is 0 Å². The number of sulfone groups is 1. The summed E-state index contributed by atoms with van der Waals surface area (Å²) in [7, 11) is -3.22. The minimum absolute atomic E-state index is 0.259. The lowest BCUT2D eigenvalue weighted by molar-refractivity contribution is 0.110. The number of rotatable bonds is 6. The molecule has 1 radical (unpaired) electrons. The molecule has 1 fully saturated rings. The Morgan fingerprint density at radius 1 is 1.38 bits per heavy atom. The molecule has 2 rings (SSSR count). The lowest BCUT2D eigenvalue weighted by Gasteiger charge is -2.28. The summed E-state index contributed by atoms with van der Waals surface area (Å²) in [6.07, 6.45) is 4.38. The Labute approximate surface area is 126 Å². The number of β-amino-alcohol motifs (C(OH)–C–C–N with tert-alkyl or cyclic N) is 1. The topological polar surface area (TPSA) is 69.6 Å². The second-order valence-electron chi connectivity index (χ2n) is 5.61. The minimum Gasteiger partial charge on any atom is -0.390 e. The van der Waals surface area contributed by atoms with Crippen LogP contribution in [0.25, 0.3) is 0 Å². The summed E-state index contributed by atoms with van der Waals surface area (Å²) < 4.78 is 23.0. The molecule has 1 aliphatic rings. The van der Waals surface area contributed by atoms with Crippen LogP contribution in [0.1, 0.15) is 19.3 Å². The van der Waals surface area contributed by atoms with Gasteiger partial charge in [-0.1, -0.05) is 12.5 Å². The molecule has 1 aliphatic heterocycles. The number of nitrogens with one attached hydrogen (secondary N) is 1. The zero-order valence-corrected chi connectivity index (χ0v) is 13.2. The van der Waals surface area contributed by atoms with Crippen LogP contribution in [-0.4, -0.2) is 57.0 Å². The molecule has 0 aliphatic carbocycles. The van der Waals surface area contributed by atoms with Crippen molar-refractivity contribution in [1.82, 2.24) is 4.90 Å². The molecule has 1 aromatic rings. The van der Waals surface area contributed by atoms with Crippen LogP contribution in [0.4, 0.5) is 5.69 Å². The number of anilines is 1. The first-order valence-corrected chi connectivity index (χ1v) is 9.20. The summed E-state index contributed by atoms with van der Waals surface area (Å²) in [4.78, 5) is 2.53. The summed E-state index contributed by atoms with van der Waals surface area (Å²) >= 11 is 0. The van der Waals surface area contributed by atoms with Crippen molar-refractivity contribution in [3.05, 3.63) is 24.3 Å². The van der Waals surface area contributed by atoms with Gasteiger partial charge in [-0.15, -0.1) is 0 Å². The minimum atomic E-state index is -3.22. The maximum absolute atomic E-state index is 11.5. The molecule has 0 bridgehead atoms. The van der Waals surface area contributed by atoms with E-state index in [0.717, 1.165) is 13.1 Å². The van der Waals surface area contributed by atoms with Gasteiger partial charge in [-0.2, -0.15) is 0 Å². The van der Waals surface area contributed by atoms with E-state index in [1.54, 1.807) is 12.1 Å². The molecule has 117 valence electrons. The van der Waals surface area contributed by atoms with Gasteiger partial charge in [0.05, 0.1) is 11.0 Å². The van der Waals surface area contributed by atoms with Crippen molar-refractivity contribution < 1.29 is 13.5 Å². The van der Waals surface area contributed by atoms with E-state index in [1.807, 2.05) is 0 Å². The van der Waals surface area contributed by atoms with Gasteiger partial charge in [0.15, 0.2) is 9.84 Å². The molecule has 21 heavy (non-hydrogen) atoms. The van der Waals surface area contributed by atoms with Crippen molar-refractivity contribution in [2.24, 2.45) is 0 Å². The first kappa shape index (κ1) is 16.3. The highest BCUT2D eigenvalue weighted by molar-refractivity contribution is 7.90. The Kier molecular flexibility index (Phi) is 5.61. The first-order chi connectivity index (χ1) is 9.95. The highest BCUT2D eigenvalue weighted by atomic mass is 32.2. The number of hydrogen-bond acceptors (Lipinski definition) is 5. The van der Waals surface area contributed by atoms with E-state index in [9.17, 15) is 13.5 Å². The highest BCUT2D eigenvalue weighted by Gasteiger charge is 2.14. The van der Waals surface area contributed by atoms with E-state index in [1.165, 1.54) is 31.6 Å². The standard InChI is InChI=1S/C15H23N2O3S/c1-21(19,20)15-7-5-6-13(10-15)16-11-14(18)12-17-8-3-2-4-9-17/h5,7,10,14,16,18H,2-4,8-9,11-12H2,1H3. The summed E-state index contributed by atoms with van der Waals surface area (Å²) in [6, 6.07) is 7.58. The SMILES string of the molecule is CS(=O)(=O)c1cc[c]c(NCC(O)CN2CCCCC2)c1. The van der Waals surface area contributed by atoms with Gasteiger partial charge in [0.1, 0.15) is 0 Å². The van der Waals surface area contributed by atoms with Gasteiger partial charge in [-0.3, -0.25) is 0 Å². The predicted molar refractivity (Wildman–Crippen MR) is 83.2 cm³/mol. The van der Waals surface area contributed by atoms with Gasteiger partial charge >= 0.3 is 0 Å². The van der Waals surface area contributed by atoms with Crippen LogP contribution in [0.5, 0.6) is 0 Å². The van der Waals surface area contributed by atoms with Crippen molar-refractivity contribution in [3.63, 3.8) is 0 Å². The van der Waals surface area contributed by atoms with Crippen LogP contribution in [0.15, 0.2) is 23.1 Å². The third kappa shape index (κ3) is 5.30. The Morgan fingerprint density at radius 3 is 2.76 bits per heavy atom. The van der Waals surface area contributed by atoms with E-state index in [0.29, 0.717) is 18.8 Å². The summed E-state index contributed by atoms with van der Waals surface area (Å²) in [5.41, 5.74) is 0.593. The van der Waals surface area contributed by atoms with Crippen molar-refractivity contribution in [2.45, 2.75) is 30.3 Å². The van der Waals surface area contributed by atoms with Crippen LogP contribution in [0, 0.1) is 6.07 Å². The Bertz CT molecular complexity index is 554. The predicted octanol–water partition coefficient (Wildman–Crippen LogP) is 1.15. The Morgan fingerprint density at radius 2 is 2.10 bits per heavy atom. The molecule has 1 atom stereocenters. The van der Waals surface area contributed by atoms with E-state index in [-0.39, 0.29) is 4.90 Å². The average Bonchev–Trinajstić information content (AvgIpc) is 2.46. The van der Waals surface area contributed by atoms with Gasteiger partial charge in [-0.05, 0) is 38.1 Å². The summed E-state index contributed by atoms with van der Waals surface area (Å²) in [6.45, 7) is 3.14. The van der Waals surface area contributed by atoms with Gasteiger partial charge in [0.25, 0.3) is 0 Å². The lowest BCUT2D eigenvalue weighted by Crippen LogP contribution is -2.39. The fourth-order valence-corrected chi connectivity index (χ4v) is 3.16. The van der Waals surface area contributed by atoms with Crippen molar-refractivity contribution in [2.75, 3.05) is 37.8 Å². The van der Waals surface area contributed by atoms with E-state index in [2.05, 4.69) is 16.3 Å². The fraction of sp³-hybridized carbons (Fsp3) is 0.600. The molecule has 1 heterocycles. The summed E-state index contributed by atoms with van der Waals surface area (Å²) in [5.74, 6) is 0. The second-order valence-corrected chi connectivity index (χ2v) is 7.62. The number of hydrogen-bond donors (Lipinski definition) is 2. The number of aliphatic hydroxyl groups excluding tert-OH is 1. The van der Waals surface area contributed by atoms with Crippen molar-refractivity contribution in [1.29, 1.82) is 0 Å². The molecular formula is C15H23N2O3S. The van der Waals surface area contributed by atoms with Gasteiger partial charge < -0.3 is 15.3 Å². The van der Waals surface area contributed by atoms with E-state index >= 15 is 0 Å². The summed E-state index contributed by atoms with van der Waals surface area (Å²) in [5, 5.41) is 13.1. The zero-order valence-electron chi connectivity index (χ0n) is 12.4. The number of nitrogens with zero attached hydrogens (tertiary/aromatic N) is 1. The quantitative estimate of drug-likeness (QED) is 0.825. The Balaban J connectivity index is 1.84. The molecule has 0 aromatic heterocycles. The van der Waals surface area contributed by atoms with Gasteiger partial charge in [0.2, 0.25) is 0 Å². The average molecular weight is 311 g/mol. The third-order valence-electron chi connectivity index (χ3n) is 3.65. The lowest BCUT2D eigenvalue weighted by atomic mass is 10.1. The molecule has 1 saturated heterocycles. The molecule has 1 unspecified atom stereocenters. The number of likely N-dealkylation sites (tertiary alicyclic amines) is 1. The third-order valence-corrected chi connectivity index (χ3v) is 4.76. The maximum Gasteiger partial charge on any atom is 0.175 e. The van der Waals surface area contributed by atoms with Crippen LogP contribution < -0.4 is 5.32 Å². The Hall–Kier alpha value is -1.11. The molecule has 0 spiro atoms. The van der Waals surface area contributed by atoms with Crippen LogP contribution in [0.2, 0.25) is 0 Å². The zero-order chi connectivity index (χ0) is 15.3. The maximum atomic E-state index is 11.5. The monoisotopic (exact) mass is 311 g/mol. The van der Waals surface area contributed by atoms with Crippen LogP contribution in [0.3, 0.4) is 0 Å². The largest absolute Gasteiger partial charge is 0.390 e. The number of aliphatic hydroxyl groups is 1. The van der Waals surface area contributed by atoms with Crippen molar-refractivity contribution >= 4 is 15.5 Å². The molecule has 6 heteroatoms. The molecule has 2 N–H and O–H groups in total. The van der Waals surface area contributed by atoms with E-state index < -0.39 is 15.9 Å². The first-order valence-electron chi connectivity index (χ1n) is 7.31. The van der Waals surface area contributed by atoms with Crippen LogP contribution >= 0.6 is 0 Å². The fourth-order valence-electron chi connectivity index (χ4n) is 2.51. The molecule has 0 saturated carbocycles. The molecular weight excluding hydrogens is 288 g/mol. The molecule has 1 aromatic carbocycles. The van der Waals surface area contributed by atoms with Gasteiger partial charge in [0, 0.05) is 31.1 Å². The smallest absolute Gasteiger partial charge is 0.175 e.